The normalized spacial score (nSPS) is 19.8. The van der Waals surface area contributed by atoms with E-state index in [0.29, 0.717) is 75.5 Å². The maximum Gasteiger partial charge on any atom is 0.411 e. The first-order valence-corrected chi connectivity index (χ1v) is 35.5. The second-order valence-corrected chi connectivity index (χ2v) is 29.2. The summed E-state index contributed by atoms with van der Waals surface area (Å²) in [7, 11) is 4.59. The number of nitrogen functional groups attached to an aromatic ring is 1. The maximum absolute atomic E-state index is 14.4. The molecule has 0 radical (unpaired) electrons. The molecule has 0 aromatic heterocycles. The van der Waals surface area contributed by atoms with E-state index in [-0.39, 0.29) is 50.7 Å². The number of nitrogens with two attached hydrogens (primary N) is 2. The molecule has 10 aliphatic rings. The van der Waals surface area contributed by atoms with Crippen LogP contribution in [-0.4, -0.2) is 131 Å². The Labute approximate surface area is 657 Å². The summed E-state index contributed by atoms with van der Waals surface area (Å²) in [4.78, 5) is 96.2. The van der Waals surface area contributed by atoms with Gasteiger partial charge in [0.1, 0.15) is 17.2 Å². The van der Waals surface area contributed by atoms with E-state index in [1.807, 2.05) is 37.3 Å². The molecule has 602 valence electrons. The fraction of sp³-hybridized carbons (Fsp3) is 0.218. The molecule has 4 aliphatic heterocycles. The zero-order valence-electron chi connectivity index (χ0n) is 62.9. The first-order chi connectivity index (χ1) is 54.8. The van der Waals surface area contributed by atoms with Gasteiger partial charge in [-0.1, -0.05) is 109 Å². The van der Waals surface area contributed by atoms with Crippen LogP contribution in [0.2, 0.25) is 0 Å². The number of hydrogen-bond donors (Lipinski definition) is 6. The number of anilines is 1. The van der Waals surface area contributed by atoms with Crippen molar-refractivity contribution in [1.82, 2.24) is 9.80 Å². The zero-order chi connectivity index (χ0) is 85.9. The number of phenolic OH excluding ortho intramolecular Hbond substituents is 3. The summed E-state index contributed by atoms with van der Waals surface area (Å²) >= 11 is 0. The Morgan fingerprint density at radius 1 is 0.316 bits per heavy atom. The number of aryl methyl sites for hydroxylation is 1. The van der Waals surface area contributed by atoms with Crippen molar-refractivity contribution < 1.29 is 121 Å². The van der Waals surface area contributed by atoms with Crippen molar-refractivity contribution in [3.05, 3.63) is 327 Å². The van der Waals surface area contributed by atoms with Gasteiger partial charge >= 0.3 is 48.6 Å². The SMILES string of the molecule is CC12c3ccccc3C(C)(c3ccccc31)c1cc(O)c(N)cc12.CN.CN1C(=O)c2ccc(C(c3ccc4c(c3)C(=O)N(C)C4=O)(C(F)(F)F)C(F)(F)F)cc2C1=O.CO.Cc1cc2c(cc1O)C1(C)c3ccccc3C2(C)c2cc(O)ccc21.O=C1OC(=O)c2cc(C(c3ccc4c(c3)C(=O)OC4=O)(C(F)(F)F)C(F)(F)F)ccc21. The van der Waals surface area contributed by atoms with Crippen LogP contribution in [0.3, 0.4) is 0 Å². The fourth-order valence-electron chi connectivity index (χ4n) is 17.9. The highest BCUT2D eigenvalue weighted by molar-refractivity contribution is 6.22. The third-order valence-electron chi connectivity index (χ3n) is 23.7. The van der Waals surface area contributed by atoms with Gasteiger partial charge < -0.3 is 41.4 Å². The molecule has 4 bridgehead atoms. The number of aromatic hydroxyl groups is 3. The van der Waals surface area contributed by atoms with Gasteiger partial charge in [0, 0.05) is 42.9 Å². The van der Waals surface area contributed by atoms with Gasteiger partial charge in [-0.05, 0) is 215 Å². The van der Waals surface area contributed by atoms with E-state index in [9.17, 15) is 106 Å². The number of cyclic esters (lactones) is 4. The molecule has 0 saturated heterocycles. The third kappa shape index (κ3) is 11.3. The second kappa shape index (κ2) is 27.6. The molecule has 0 fully saturated rings. The van der Waals surface area contributed by atoms with E-state index in [4.69, 9.17) is 10.8 Å². The smallest absolute Gasteiger partial charge is 0.411 e. The molecule has 10 aromatic rings. The highest BCUT2D eigenvalue weighted by Crippen LogP contribution is 2.66. The van der Waals surface area contributed by atoms with E-state index < -0.39 is 139 Å². The lowest BCUT2D eigenvalue weighted by Gasteiger charge is -2.54. The Kier molecular flexibility index (Phi) is 19.4. The van der Waals surface area contributed by atoms with Gasteiger partial charge in [0.15, 0.2) is 0 Å². The minimum atomic E-state index is -6.02. The number of hydrogen-bond acceptors (Lipinski definition) is 16. The highest BCUT2D eigenvalue weighted by Gasteiger charge is 2.75. The lowest BCUT2D eigenvalue weighted by molar-refractivity contribution is -0.290. The molecule has 18 nitrogen and oxygen atoms in total. The van der Waals surface area contributed by atoms with Gasteiger partial charge in [-0.25, -0.2) is 19.2 Å². The Morgan fingerprint density at radius 2 is 0.573 bits per heavy atom. The predicted octanol–water partition coefficient (Wildman–Crippen LogP) is 15.5. The second-order valence-electron chi connectivity index (χ2n) is 29.2. The van der Waals surface area contributed by atoms with Crippen molar-refractivity contribution in [3.8, 4) is 17.2 Å². The predicted molar refractivity (Wildman–Crippen MR) is 397 cm³/mol. The maximum atomic E-state index is 14.4. The summed E-state index contributed by atoms with van der Waals surface area (Å²) in [6, 6.07) is 45.3. The average Bonchev–Trinajstić information content (AvgIpc) is 0.798. The number of esters is 4. The first-order valence-electron chi connectivity index (χ1n) is 35.5. The summed E-state index contributed by atoms with van der Waals surface area (Å²) in [5, 5.41) is 37.8. The molecule has 0 saturated carbocycles. The molecule has 10 aromatic carbocycles. The van der Waals surface area contributed by atoms with E-state index in [1.54, 1.807) is 6.07 Å². The van der Waals surface area contributed by atoms with Crippen molar-refractivity contribution in [2.24, 2.45) is 5.73 Å². The minimum Gasteiger partial charge on any atom is -0.508 e. The highest BCUT2D eigenvalue weighted by atomic mass is 19.4. The number of aliphatic hydroxyl groups is 1. The van der Waals surface area contributed by atoms with Crippen LogP contribution in [0.4, 0.5) is 58.4 Å². The Bertz CT molecular complexity index is 5690. The van der Waals surface area contributed by atoms with Crippen LogP contribution in [0.25, 0.3) is 0 Å². The number of benzene rings is 10. The van der Waals surface area contributed by atoms with Gasteiger partial charge in [0.05, 0.1) is 50.2 Å². The molecule has 4 amide bonds. The van der Waals surface area contributed by atoms with Crippen LogP contribution in [0, 0.1) is 6.92 Å². The van der Waals surface area contributed by atoms with E-state index in [0.717, 1.165) is 55.6 Å². The molecule has 6 aliphatic carbocycles. The number of carbonyl (C=O) groups is 8. The van der Waals surface area contributed by atoms with Crippen LogP contribution in [0.1, 0.15) is 205 Å². The zero-order valence-corrected chi connectivity index (χ0v) is 62.9. The molecule has 117 heavy (non-hydrogen) atoms. The molecule has 4 heterocycles. The number of rotatable bonds is 4. The van der Waals surface area contributed by atoms with Crippen molar-refractivity contribution in [2.45, 2.75) is 91.8 Å². The molecular weight excluding hydrogens is 1550 g/mol. The molecule has 2 atom stereocenters. The van der Waals surface area contributed by atoms with Gasteiger partial charge in [-0.15, -0.1) is 0 Å². The van der Waals surface area contributed by atoms with Crippen LogP contribution < -0.4 is 11.5 Å². The molecular formula is C87H66F12N4O14. The number of imide groups is 2. The molecule has 30 heteroatoms. The van der Waals surface area contributed by atoms with E-state index >= 15 is 0 Å². The summed E-state index contributed by atoms with van der Waals surface area (Å²) in [5.41, 5.74) is 6.37. The number of aliphatic hydroxyl groups excluding tert-OH is 1. The molecule has 0 spiro atoms. The van der Waals surface area contributed by atoms with E-state index in [2.05, 4.69) is 122 Å². The first kappa shape index (κ1) is 82.0. The number of amides is 4. The fourth-order valence-corrected chi connectivity index (χ4v) is 17.9. The third-order valence-corrected chi connectivity index (χ3v) is 23.7. The number of fused-ring (bicyclic) bond motifs is 4. The van der Waals surface area contributed by atoms with E-state index in [1.165, 1.54) is 57.1 Å². The van der Waals surface area contributed by atoms with Crippen LogP contribution in [0.15, 0.2) is 188 Å². The topological polar surface area (TPSA) is 294 Å². The lowest BCUT2D eigenvalue weighted by atomic mass is 9.48. The Hall–Kier alpha value is -13.0. The molecule has 20 rings (SSSR count). The molecule has 2 unspecified atom stereocenters. The largest absolute Gasteiger partial charge is 0.508 e. The van der Waals surface area contributed by atoms with Crippen LogP contribution in [0.5, 0.6) is 17.2 Å². The number of phenols is 3. The van der Waals surface area contributed by atoms with Gasteiger partial charge in [0.25, 0.3) is 23.6 Å². The number of nitrogens with zero attached hydrogens (tertiary/aromatic N) is 2. The average molecular weight is 1620 g/mol. The van der Waals surface area contributed by atoms with Crippen molar-refractivity contribution >= 4 is 53.2 Å². The number of halogens is 12. The van der Waals surface area contributed by atoms with Gasteiger partial charge in [-0.2, -0.15) is 52.7 Å². The number of ether oxygens (including phenoxy) is 2. The quantitative estimate of drug-likeness (QED) is 0.0238. The minimum absolute atomic E-state index is 0.168. The van der Waals surface area contributed by atoms with Gasteiger partial charge in [-0.3, -0.25) is 29.0 Å². The van der Waals surface area contributed by atoms with Crippen molar-refractivity contribution in [3.63, 3.8) is 0 Å². The Balaban J connectivity index is 0.000000134. The number of alkyl halides is 12. The van der Waals surface area contributed by atoms with Crippen molar-refractivity contribution in [2.75, 3.05) is 34.0 Å². The standard InChI is InChI=1S/C23H20O2.C22H19NO.C21H12F6N2O4.C19H6F6O6.CH5N.CH4O/c1-13-10-18-20(12-21(13)25)22(2)15-6-4-5-7-16(15)23(18,3)19-11-14(24)8-9-17(19)22;1-21-13-7-3-5-9-15(13)22(2,16-10-6-4-8-14(16)21)18-12-20(24)19(23)11-17(18)21;1-28-15(30)11-5-3-9(7-13(11)17(28)32)19(20(22,23)24,21(25,26)27)10-4-6-12-14(8-10)18(33)29(2)16(12)31;20-18(21,22)17(19(23,24)25,7-1-3-9-11(5-7)15(28)30-13(9)26)8-2-4-10-12(6-8)16(29)31-14(10)27;2*1-2/h4-12,24-25H,1-3H3;3-12,24H,23H2,1-2H3;3-8H,1-2H3;1-6H;2H2,1H3;2H,1H3. The molecule has 8 N–H and O–H groups in total. The van der Waals surface area contributed by atoms with Crippen LogP contribution in [-0.2, 0) is 42.0 Å². The number of carbonyl (C=O) groups excluding carboxylic acids is 8. The van der Waals surface area contributed by atoms with Crippen LogP contribution >= 0.6 is 0 Å². The van der Waals surface area contributed by atoms with Gasteiger partial charge in [0.2, 0.25) is 10.8 Å². The summed E-state index contributed by atoms with van der Waals surface area (Å²) in [5.74, 6) is -8.25. The monoisotopic (exact) mass is 1620 g/mol. The summed E-state index contributed by atoms with van der Waals surface area (Å²) < 4.78 is 180. The Morgan fingerprint density at radius 3 is 0.906 bits per heavy atom. The lowest BCUT2D eigenvalue weighted by Crippen LogP contribution is -2.55. The van der Waals surface area contributed by atoms with Crippen molar-refractivity contribution in [1.29, 1.82) is 0 Å². The summed E-state index contributed by atoms with van der Waals surface area (Å²) in [6.07, 6.45) is -24.0. The summed E-state index contributed by atoms with van der Waals surface area (Å²) in [6.45, 7) is 10.9.